The Morgan fingerprint density at radius 1 is 1.08 bits per heavy atom. The molecule has 5 rings (SSSR count). The van der Waals surface area contributed by atoms with E-state index in [1.807, 2.05) is 24.3 Å². The molecule has 1 fully saturated rings. The normalized spacial score (nSPS) is 15.0. The summed E-state index contributed by atoms with van der Waals surface area (Å²) in [5.74, 6) is 0. The highest BCUT2D eigenvalue weighted by Crippen LogP contribution is 2.34. The van der Waals surface area contributed by atoms with E-state index in [0.29, 0.717) is 0 Å². The van der Waals surface area contributed by atoms with Crippen LogP contribution in [0.5, 0.6) is 0 Å². The molecule has 5 nitrogen and oxygen atoms in total. The molecular formula is C19H16N4OS2. The summed E-state index contributed by atoms with van der Waals surface area (Å²) in [6.45, 7) is 3.09. The average molecular weight is 380 g/mol. The van der Waals surface area contributed by atoms with Gasteiger partial charge in [-0.1, -0.05) is 12.1 Å². The first kappa shape index (κ1) is 15.9. The predicted octanol–water partition coefficient (Wildman–Crippen LogP) is 4.03. The van der Waals surface area contributed by atoms with Gasteiger partial charge in [-0.2, -0.15) is 0 Å². The molecule has 1 saturated heterocycles. The maximum atomic E-state index is 5.55. The standard InChI is InChI=1S/C19H16N4OS2/c25-19(23-7-9-24-10-8-23)20-12-5-6-16-13(11-12)17-18(26-16)22-15-4-2-1-3-14(15)21-17/h1-6,11H,7-10H2,(H,20,25). The Morgan fingerprint density at radius 2 is 1.85 bits per heavy atom. The van der Waals surface area contributed by atoms with Gasteiger partial charge in [0, 0.05) is 28.9 Å². The minimum atomic E-state index is 0.721. The van der Waals surface area contributed by atoms with Crippen LogP contribution in [0.3, 0.4) is 0 Å². The summed E-state index contributed by atoms with van der Waals surface area (Å²) < 4.78 is 6.57. The minimum absolute atomic E-state index is 0.721. The molecule has 1 aliphatic heterocycles. The van der Waals surface area contributed by atoms with E-state index < -0.39 is 0 Å². The number of thiophene rings is 1. The number of para-hydroxylation sites is 2. The number of thiocarbonyl (C=S) groups is 1. The Labute approximate surface area is 159 Å². The van der Waals surface area contributed by atoms with Crippen LogP contribution in [0.4, 0.5) is 5.69 Å². The lowest BCUT2D eigenvalue weighted by Gasteiger charge is -2.29. The summed E-state index contributed by atoms with van der Waals surface area (Å²) >= 11 is 7.22. The number of morpholine rings is 1. The SMILES string of the molecule is S=C(Nc1ccc2sc3nc4ccccc4nc3c2c1)N1CCOCC1. The van der Waals surface area contributed by atoms with E-state index in [9.17, 15) is 0 Å². The van der Waals surface area contributed by atoms with Crippen LogP contribution in [-0.2, 0) is 4.74 Å². The summed E-state index contributed by atoms with van der Waals surface area (Å²) in [5.41, 5.74) is 3.77. The fourth-order valence-electron chi connectivity index (χ4n) is 3.19. The third kappa shape index (κ3) is 2.78. The lowest BCUT2D eigenvalue weighted by Crippen LogP contribution is -2.42. The van der Waals surface area contributed by atoms with Gasteiger partial charge < -0.3 is 15.0 Å². The van der Waals surface area contributed by atoms with Crippen molar-refractivity contribution in [1.82, 2.24) is 14.9 Å². The molecule has 2 aromatic carbocycles. The second-order valence-electron chi connectivity index (χ2n) is 6.21. The molecule has 0 atom stereocenters. The molecule has 4 aromatic rings. The Kier molecular flexibility index (Phi) is 3.92. The van der Waals surface area contributed by atoms with Gasteiger partial charge in [0.2, 0.25) is 0 Å². The largest absolute Gasteiger partial charge is 0.378 e. The van der Waals surface area contributed by atoms with Crippen molar-refractivity contribution < 1.29 is 4.74 Å². The number of anilines is 1. The van der Waals surface area contributed by atoms with Crippen LogP contribution in [0, 0.1) is 0 Å². The molecule has 0 aliphatic carbocycles. The summed E-state index contributed by atoms with van der Waals surface area (Å²) in [6, 6.07) is 14.3. The number of hydrogen-bond acceptors (Lipinski definition) is 5. The molecule has 0 radical (unpaired) electrons. The third-order valence-corrected chi connectivity index (χ3v) is 5.94. The van der Waals surface area contributed by atoms with Gasteiger partial charge >= 0.3 is 0 Å². The van der Waals surface area contributed by atoms with E-state index in [0.717, 1.165) is 63.9 Å². The summed E-state index contributed by atoms with van der Waals surface area (Å²) in [4.78, 5) is 12.7. The maximum Gasteiger partial charge on any atom is 0.173 e. The van der Waals surface area contributed by atoms with Crippen molar-refractivity contribution >= 4 is 65.8 Å². The summed E-state index contributed by atoms with van der Waals surface area (Å²) in [6.07, 6.45) is 0. The van der Waals surface area contributed by atoms with E-state index in [1.165, 1.54) is 4.70 Å². The fourth-order valence-corrected chi connectivity index (χ4v) is 4.49. The molecule has 0 bridgehead atoms. The van der Waals surface area contributed by atoms with Gasteiger partial charge in [-0.25, -0.2) is 9.97 Å². The van der Waals surface area contributed by atoms with Crippen LogP contribution in [0.15, 0.2) is 42.5 Å². The number of nitrogens with zero attached hydrogens (tertiary/aromatic N) is 3. The predicted molar refractivity (Wildman–Crippen MR) is 111 cm³/mol. The molecule has 0 saturated carbocycles. The van der Waals surface area contributed by atoms with Gasteiger partial charge in [-0.15, -0.1) is 11.3 Å². The van der Waals surface area contributed by atoms with E-state index in [4.69, 9.17) is 26.9 Å². The van der Waals surface area contributed by atoms with E-state index in [2.05, 4.69) is 28.4 Å². The zero-order valence-electron chi connectivity index (χ0n) is 13.9. The second kappa shape index (κ2) is 6.42. The monoisotopic (exact) mass is 380 g/mol. The molecule has 0 amide bonds. The number of aromatic nitrogens is 2. The van der Waals surface area contributed by atoms with Crippen molar-refractivity contribution in [2.75, 3.05) is 31.6 Å². The fraction of sp³-hybridized carbons (Fsp3) is 0.211. The number of ether oxygens (including phenoxy) is 1. The van der Waals surface area contributed by atoms with Crippen LogP contribution in [0.1, 0.15) is 0 Å². The Bertz CT molecular complexity index is 1130. The maximum absolute atomic E-state index is 5.55. The van der Waals surface area contributed by atoms with Gasteiger partial charge in [-0.3, -0.25) is 0 Å². The van der Waals surface area contributed by atoms with E-state index >= 15 is 0 Å². The molecule has 1 aliphatic rings. The van der Waals surface area contributed by atoms with Crippen LogP contribution in [-0.4, -0.2) is 46.3 Å². The highest BCUT2D eigenvalue weighted by molar-refractivity contribution is 7.80. The van der Waals surface area contributed by atoms with Crippen molar-refractivity contribution in [2.45, 2.75) is 0 Å². The molecule has 1 N–H and O–H groups in total. The minimum Gasteiger partial charge on any atom is -0.378 e. The van der Waals surface area contributed by atoms with Crippen molar-refractivity contribution in [3.63, 3.8) is 0 Å². The van der Waals surface area contributed by atoms with E-state index in [1.54, 1.807) is 11.3 Å². The number of fused-ring (bicyclic) bond motifs is 4. The van der Waals surface area contributed by atoms with Crippen molar-refractivity contribution in [3.8, 4) is 0 Å². The second-order valence-corrected chi connectivity index (χ2v) is 7.63. The van der Waals surface area contributed by atoms with Gasteiger partial charge in [0.1, 0.15) is 10.3 Å². The highest BCUT2D eigenvalue weighted by Gasteiger charge is 2.15. The Hall–Kier alpha value is -2.35. The Morgan fingerprint density at radius 3 is 2.65 bits per heavy atom. The highest BCUT2D eigenvalue weighted by atomic mass is 32.1. The smallest absolute Gasteiger partial charge is 0.173 e. The average Bonchev–Trinajstić information content (AvgIpc) is 3.03. The topological polar surface area (TPSA) is 50.3 Å². The number of nitrogens with one attached hydrogen (secondary N) is 1. The lowest BCUT2D eigenvalue weighted by atomic mass is 10.2. The summed E-state index contributed by atoms with van der Waals surface area (Å²) in [5, 5.41) is 5.20. The van der Waals surface area contributed by atoms with Gasteiger partial charge in [0.25, 0.3) is 0 Å². The van der Waals surface area contributed by atoms with Crippen molar-refractivity contribution in [1.29, 1.82) is 0 Å². The van der Waals surface area contributed by atoms with Crippen LogP contribution in [0.2, 0.25) is 0 Å². The zero-order chi connectivity index (χ0) is 17.5. The molecule has 0 spiro atoms. The van der Waals surface area contributed by atoms with Gasteiger partial charge in [-0.05, 0) is 42.5 Å². The first-order valence-electron chi connectivity index (χ1n) is 8.51. The third-order valence-electron chi connectivity index (χ3n) is 4.53. The zero-order valence-corrected chi connectivity index (χ0v) is 15.6. The molecule has 26 heavy (non-hydrogen) atoms. The van der Waals surface area contributed by atoms with Crippen LogP contribution >= 0.6 is 23.6 Å². The van der Waals surface area contributed by atoms with Gasteiger partial charge in [0.05, 0.1) is 24.2 Å². The van der Waals surface area contributed by atoms with Gasteiger partial charge in [0.15, 0.2) is 5.11 Å². The molecule has 2 aromatic heterocycles. The first-order valence-corrected chi connectivity index (χ1v) is 9.73. The van der Waals surface area contributed by atoms with E-state index in [-0.39, 0.29) is 0 Å². The van der Waals surface area contributed by atoms with Crippen molar-refractivity contribution in [3.05, 3.63) is 42.5 Å². The molecule has 7 heteroatoms. The molecule has 0 unspecified atom stereocenters. The summed E-state index contributed by atoms with van der Waals surface area (Å²) in [7, 11) is 0. The first-order chi connectivity index (χ1) is 12.8. The van der Waals surface area contributed by atoms with Crippen LogP contribution < -0.4 is 5.32 Å². The number of benzene rings is 2. The molecule has 130 valence electrons. The lowest BCUT2D eigenvalue weighted by molar-refractivity contribution is 0.0690. The molecular weight excluding hydrogens is 364 g/mol. The Balaban J connectivity index is 1.54. The number of rotatable bonds is 1. The molecule has 3 heterocycles. The number of hydrogen-bond donors (Lipinski definition) is 1. The van der Waals surface area contributed by atoms with Crippen molar-refractivity contribution in [2.24, 2.45) is 0 Å². The quantitative estimate of drug-likeness (QED) is 0.503. The van der Waals surface area contributed by atoms with Crippen LogP contribution in [0.25, 0.3) is 31.5 Å².